The summed E-state index contributed by atoms with van der Waals surface area (Å²) in [5.74, 6) is 0.358. The number of aliphatic hydroxyl groups excluding tert-OH is 1. The molecule has 2 N–H and O–H groups in total. The summed E-state index contributed by atoms with van der Waals surface area (Å²) in [4.78, 5) is 0. The minimum absolute atomic E-state index is 0.119. The van der Waals surface area contributed by atoms with Crippen LogP contribution in [0.25, 0.3) is 0 Å². The molecule has 3 heteroatoms. The first kappa shape index (κ1) is 15.1. The summed E-state index contributed by atoms with van der Waals surface area (Å²) in [5.41, 5.74) is 0.983. The lowest BCUT2D eigenvalue weighted by Gasteiger charge is -2.23. The molecule has 0 bridgehead atoms. The molecule has 2 atom stereocenters. The molecule has 0 radical (unpaired) electrons. The van der Waals surface area contributed by atoms with Crippen molar-refractivity contribution in [2.45, 2.75) is 45.7 Å². The van der Waals surface area contributed by atoms with Crippen molar-refractivity contribution >= 4 is 0 Å². The van der Waals surface area contributed by atoms with Gasteiger partial charge in [-0.1, -0.05) is 26.0 Å². The van der Waals surface area contributed by atoms with Gasteiger partial charge in [-0.25, -0.2) is 4.39 Å². The fourth-order valence-corrected chi connectivity index (χ4v) is 2.24. The Kier molecular flexibility index (Phi) is 6.30. The van der Waals surface area contributed by atoms with Gasteiger partial charge in [0.05, 0.1) is 6.61 Å². The van der Waals surface area contributed by atoms with E-state index >= 15 is 0 Å². The Morgan fingerprint density at radius 3 is 2.56 bits per heavy atom. The minimum Gasteiger partial charge on any atom is -0.395 e. The summed E-state index contributed by atoms with van der Waals surface area (Å²) in [6.07, 6.45) is 1.72. The molecule has 0 aliphatic heterocycles. The highest BCUT2D eigenvalue weighted by molar-refractivity contribution is 5.17. The Labute approximate surface area is 109 Å². The molecular weight excluding hydrogens is 229 g/mol. The van der Waals surface area contributed by atoms with Crippen molar-refractivity contribution in [2.24, 2.45) is 5.92 Å². The maximum absolute atomic E-state index is 13.1. The molecule has 0 heterocycles. The number of hydrogen-bond donors (Lipinski definition) is 2. The van der Waals surface area contributed by atoms with Crippen LogP contribution in [0.2, 0.25) is 0 Å². The topological polar surface area (TPSA) is 32.3 Å². The lowest BCUT2D eigenvalue weighted by atomic mass is 10.0. The summed E-state index contributed by atoms with van der Waals surface area (Å²) < 4.78 is 13.1. The number of nitrogens with one attached hydrogen (secondary N) is 1. The fraction of sp³-hybridized carbons (Fsp3) is 0.600. The van der Waals surface area contributed by atoms with E-state index in [9.17, 15) is 9.50 Å². The molecule has 0 fully saturated rings. The highest BCUT2D eigenvalue weighted by atomic mass is 19.1. The van der Waals surface area contributed by atoms with Gasteiger partial charge in [-0.15, -0.1) is 0 Å². The van der Waals surface area contributed by atoms with Crippen LogP contribution in [0, 0.1) is 11.7 Å². The minimum atomic E-state index is -0.194. The lowest BCUT2D eigenvalue weighted by molar-refractivity contribution is 0.214. The molecule has 0 aromatic heterocycles. The first-order valence-corrected chi connectivity index (χ1v) is 6.62. The second-order valence-electron chi connectivity index (χ2n) is 5.41. The van der Waals surface area contributed by atoms with Gasteiger partial charge in [0.15, 0.2) is 0 Å². The predicted molar refractivity (Wildman–Crippen MR) is 73.0 cm³/mol. The molecule has 1 rings (SSSR count). The van der Waals surface area contributed by atoms with Gasteiger partial charge in [0.25, 0.3) is 0 Å². The zero-order valence-electron chi connectivity index (χ0n) is 11.5. The lowest BCUT2D eigenvalue weighted by Crippen LogP contribution is -2.40. The van der Waals surface area contributed by atoms with E-state index < -0.39 is 0 Å². The standard InChI is InChI=1S/C15H24FNO/c1-11(2)7-15(10-18)17-12(3)8-13-5-4-6-14(16)9-13/h4-6,9,11-12,15,17-18H,7-8,10H2,1-3H3. The normalized spacial score (nSPS) is 14.8. The average Bonchev–Trinajstić information content (AvgIpc) is 2.27. The van der Waals surface area contributed by atoms with Crippen molar-refractivity contribution in [1.29, 1.82) is 0 Å². The molecule has 18 heavy (non-hydrogen) atoms. The van der Waals surface area contributed by atoms with Crippen molar-refractivity contribution in [3.05, 3.63) is 35.6 Å². The van der Waals surface area contributed by atoms with Gasteiger partial charge < -0.3 is 10.4 Å². The van der Waals surface area contributed by atoms with Gasteiger partial charge in [-0.2, -0.15) is 0 Å². The average molecular weight is 253 g/mol. The molecule has 1 aromatic rings. The first-order chi connectivity index (χ1) is 8.51. The largest absolute Gasteiger partial charge is 0.395 e. The Morgan fingerprint density at radius 2 is 2.00 bits per heavy atom. The third-order valence-corrected chi connectivity index (χ3v) is 2.93. The van der Waals surface area contributed by atoms with E-state index in [2.05, 4.69) is 26.1 Å². The summed E-state index contributed by atoms with van der Waals surface area (Å²) in [6, 6.07) is 7.02. The van der Waals surface area contributed by atoms with Gasteiger partial charge in [-0.3, -0.25) is 0 Å². The third-order valence-electron chi connectivity index (χ3n) is 2.93. The van der Waals surface area contributed by atoms with Crippen LogP contribution < -0.4 is 5.32 Å². The number of hydrogen-bond acceptors (Lipinski definition) is 2. The van der Waals surface area contributed by atoms with E-state index in [1.165, 1.54) is 6.07 Å². The smallest absolute Gasteiger partial charge is 0.123 e. The van der Waals surface area contributed by atoms with E-state index in [1.54, 1.807) is 12.1 Å². The Hall–Kier alpha value is -0.930. The van der Waals surface area contributed by atoms with Crippen LogP contribution in [-0.4, -0.2) is 23.8 Å². The van der Waals surface area contributed by atoms with E-state index in [1.807, 2.05) is 6.07 Å². The first-order valence-electron chi connectivity index (χ1n) is 6.62. The van der Waals surface area contributed by atoms with E-state index in [0.29, 0.717) is 5.92 Å². The second kappa shape index (κ2) is 7.49. The van der Waals surface area contributed by atoms with Crippen molar-refractivity contribution < 1.29 is 9.50 Å². The number of halogens is 1. The van der Waals surface area contributed by atoms with Crippen LogP contribution in [0.3, 0.4) is 0 Å². The zero-order chi connectivity index (χ0) is 13.5. The van der Waals surface area contributed by atoms with Gasteiger partial charge in [0, 0.05) is 12.1 Å². The summed E-state index contributed by atoms with van der Waals surface area (Å²) in [7, 11) is 0. The molecule has 0 amide bonds. The highest BCUT2D eigenvalue weighted by Crippen LogP contribution is 2.09. The van der Waals surface area contributed by atoms with Gasteiger partial charge in [0.2, 0.25) is 0 Å². The van der Waals surface area contributed by atoms with E-state index in [-0.39, 0.29) is 24.5 Å². The van der Waals surface area contributed by atoms with Crippen LogP contribution in [0.4, 0.5) is 4.39 Å². The number of aliphatic hydroxyl groups is 1. The maximum Gasteiger partial charge on any atom is 0.123 e. The van der Waals surface area contributed by atoms with Crippen LogP contribution in [-0.2, 0) is 6.42 Å². The highest BCUT2D eigenvalue weighted by Gasteiger charge is 2.13. The Balaban J connectivity index is 2.47. The molecule has 0 aliphatic carbocycles. The molecule has 2 nitrogen and oxygen atoms in total. The Morgan fingerprint density at radius 1 is 1.28 bits per heavy atom. The van der Waals surface area contributed by atoms with E-state index in [4.69, 9.17) is 0 Å². The van der Waals surface area contributed by atoms with Crippen molar-refractivity contribution in [3.63, 3.8) is 0 Å². The molecule has 0 aliphatic rings. The van der Waals surface area contributed by atoms with Crippen LogP contribution in [0.15, 0.2) is 24.3 Å². The van der Waals surface area contributed by atoms with Gasteiger partial charge in [0.1, 0.15) is 5.82 Å². The number of rotatable bonds is 7. The zero-order valence-corrected chi connectivity index (χ0v) is 11.5. The molecule has 102 valence electrons. The second-order valence-corrected chi connectivity index (χ2v) is 5.41. The van der Waals surface area contributed by atoms with Gasteiger partial charge >= 0.3 is 0 Å². The van der Waals surface area contributed by atoms with Crippen molar-refractivity contribution in [1.82, 2.24) is 5.32 Å². The molecule has 2 unspecified atom stereocenters. The molecular formula is C15H24FNO. The fourth-order valence-electron chi connectivity index (χ4n) is 2.24. The van der Waals surface area contributed by atoms with E-state index in [0.717, 1.165) is 18.4 Å². The van der Waals surface area contributed by atoms with Gasteiger partial charge in [-0.05, 0) is 43.4 Å². The van der Waals surface area contributed by atoms with Crippen LogP contribution >= 0.6 is 0 Å². The monoisotopic (exact) mass is 253 g/mol. The van der Waals surface area contributed by atoms with Crippen LogP contribution in [0.5, 0.6) is 0 Å². The van der Waals surface area contributed by atoms with Crippen molar-refractivity contribution in [2.75, 3.05) is 6.61 Å². The summed E-state index contributed by atoms with van der Waals surface area (Å²) >= 11 is 0. The SMILES string of the molecule is CC(C)CC(CO)NC(C)Cc1cccc(F)c1. The number of benzene rings is 1. The summed E-state index contributed by atoms with van der Waals surface area (Å²) in [5, 5.41) is 12.7. The molecule has 0 saturated heterocycles. The van der Waals surface area contributed by atoms with Crippen LogP contribution in [0.1, 0.15) is 32.8 Å². The molecule has 0 spiro atoms. The molecule has 1 aromatic carbocycles. The predicted octanol–water partition coefficient (Wildman–Crippen LogP) is 2.75. The quantitative estimate of drug-likeness (QED) is 0.783. The van der Waals surface area contributed by atoms with Crippen molar-refractivity contribution in [3.8, 4) is 0 Å². The third kappa shape index (κ3) is 5.61. The summed E-state index contributed by atoms with van der Waals surface area (Å²) in [6.45, 7) is 6.49. The Bertz CT molecular complexity index is 354. The molecule has 0 saturated carbocycles. The maximum atomic E-state index is 13.1.